The fourth-order valence-electron chi connectivity index (χ4n) is 0.0493. The molecule has 7 heavy (non-hydrogen) atoms. The Bertz CT molecular complexity index is 141. The lowest BCUT2D eigenvalue weighted by molar-refractivity contribution is 0.497. The van der Waals surface area contributed by atoms with E-state index in [2.05, 4.69) is 16.1 Å². The molecule has 0 bridgehead atoms. The summed E-state index contributed by atoms with van der Waals surface area (Å²) < 4.78 is 9.72. The summed E-state index contributed by atoms with van der Waals surface area (Å²) in [5.74, 6) is 0. The molecule has 7 heteroatoms. The van der Waals surface area contributed by atoms with Crippen molar-refractivity contribution in [1.82, 2.24) is 0 Å². The van der Waals surface area contributed by atoms with E-state index in [1.54, 1.807) is 0 Å². The van der Waals surface area contributed by atoms with Gasteiger partial charge in [-0.25, -0.2) is 0 Å². The molecule has 0 aromatic rings. The zero-order chi connectivity index (χ0) is 5.91. The highest BCUT2D eigenvalue weighted by atomic mass is 35.7. The van der Waals surface area contributed by atoms with E-state index in [4.69, 9.17) is 10.4 Å². The van der Waals surface area contributed by atoms with Crippen LogP contribution in [0.5, 0.6) is 0 Å². The Hall–Kier alpha value is -0.210. The van der Waals surface area contributed by atoms with E-state index in [-0.39, 0.29) is 0 Å². The summed E-state index contributed by atoms with van der Waals surface area (Å²) in [5, 5.41) is 0. The van der Waals surface area contributed by atoms with Crippen LogP contribution in [0.25, 0.3) is 10.4 Å². The molecule has 0 saturated carbocycles. The Balaban J connectivity index is 4.10. The number of hydrogen-bond acceptors (Lipinski definition) is 1. The van der Waals surface area contributed by atoms with Crippen LogP contribution in [0.3, 0.4) is 0 Å². The van der Waals surface area contributed by atoms with Crippen LogP contribution < -0.4 is 0 Å². The van der Waals surface area contributed by atoms with E-state index in [1.165, 1.54) is 0 Å². The minimum atomic E-state index is -3.99. The summed E-state index contributed by atoms with van der Waals surface area (Å²) in [6.07, 6.45) is 0. The van der Waals surface area contributed by atoms with Gasteiger partial charge in [0, 0.05) is 9.80 Å². The van der Waals surface area contributed by atoms with Gasteiger partial charge in [0.1, 0.15) is 0 Å². The van der Waals surface area contributed by atoms with Crippen molar-refractivity contribution in [3.05, 3.63) is 10.4 Å². The Labute approximate surface area is 43.8 Å². The molecular formula is HClN3O2P. The molecule has 40 valence electrons. The first-order chi connectivity index (χ1) is 3.06. The van der Waals surface area contributed by atoms with Crippen LogP contribution in [0.2, 0.25) is 0 Å². The standard InChI is InChI=1S/ClHN3O2P/c1-7(5,6)4-3-2/h(H,5,6). The highest BCUT2D eigenvalue weighted by Crippen LogP contribution is 2.47. The molecule has 0 aliphatic rings. The maximum absolute atomic E-state index is 9.72. The van der Waals surface area contributed by atoms with E-state index >= 15 is 0 Å². The average molecular weight is 141 g/mol. The first-order valence-electron chi connectivity index (χ1n) is 1.15. The lowest BCUT2D eigenvalue weighted by Gasteiger charge is -1.82. The quantitative estimate of drug-likeness (QED) is 0.260. The molecule has 1 unspecified atom stereocenters. The van der Waals surface area contributed by atoms with Crippen molar-refractivity contribution in [3.8, 4) is 0 Å². The zero-order valence-electron chi connectivity index (χ0n) is 3.02. The summed E-state index contributed by atoms with van der Waals surface area (Å²) in [7, 11) is 0. The second kappa shape index (κ2) is 2.19. The van der Waals surface area contributed by atoms with Crippen LogP contribution >= 0.6 is 18.1 Å². The molecule has 0 fully saturated rings. The number of hydrogen-bond donors (Lipinski definition) is 1. The molecule has 0 radical (unpaired) electrons. The second-order valence-electron chi connectivity index (χ2n) is 0.652. The van der Waals surface area contributed by atoms with Gasteiger partial charge >= 0.3 is 6.87 Å². The van der Waals surface area contributed by atoms with Gasteiger partial charge in [-0.2, -0.15) is 0 Å². The molecule has 1 atom stereocenters. The predicted molar refractivity (Wildman–Crippen MR) is 24.8 cm³/mol. The molecule has 5 nitrogen and oxygen atoms in total. The Morgan fingerprint density at radius 3 is 2.43 bits per heavy atom. The Morgan fingerprint density at radius 2 is 2.43 bits per heavy atom. The van der Waals surface area contributed by atoms with Gasteiger partial charge in [-0.1, -0.05) is 0 Å². The van der Waals surface area contributed by atoms with Gasteiger partial charge in [0.15, 0.2) is 0 Å². The molecule has 0 aromatic carbocycles. The summed E-state index contributed by atoms with van der Waals surface area (Å²) >= 11 is 4.52. The molecule has 0 aromatic heterocycles. The minimum Gasteiger partial charge on any atom is -0.329 e. The smallest absolute Gasteiger partial charge is 0.329 e. The zero-order valence-corrected chi connectivity index (χ0v) is 4.67. The maximum atomic E-state index is 9.72. The van der Waals surface area contributed by atoms with Crippen LogP contribution in [0.4, 0.5) is 0 Å². The third-order valence-corrected chi connectivity index (χ3v) is 0.654. The number of azide groups is 1. The summed E-state index contributed by atoms with van der Waals surface area (Å²) in [5.41, 5.74) is 7.44. The maximum Gasteiger partial charge on any atom is 0.374 e. The minimum absolute atomic E-state index is 1.99. The molecule has 0 amide bonds. The summed E-state index contributed by atoms with van der Waals surface area (Å²) in [6, 6.07) is 0. The lowest BCUT2D eigenvalue weighted by atomic mass is 13.0. The van der Waals surface area contributed by atoms with Crippen molar-refractivity contribution in [2.24, 2.45) is 4.88 Å². The van der Waals surface area contributed by atoms with Crippen LogP contribution in [0.15, 0.2) is 4.88 Å². The highest BCUT2D eigenvalue weighted by Gasteiger charge is 2.06. The molecular weight excluding hydrogens is 140 g/mol. The van der Waals surface area contributed by atoms with E-state index in [0.717, 1.165) is 0 Å². The summed E-state index contributed by atoms with van der Waals surface area (Å²) in [6.45, 7) is -3.99. The third-order valence-electron chi connectivity index (χ3n) is 0.150. The van der Waals surface area contributed by atoms with Gasteiger partial charge < -0.3 is 4.89 Å². The Morgan fingerprint density at radius 1 is 2.00 bits per heavy atom. The van der Waals surface area contributed by atoms with Crippen LogP contribution in [0.1, 0.15) is 0 Å². The number of rotatable bonds is 1. The normalized spacial score (nSPS) is 16.9. The van der Waals surface area contributed by atoms with Crippen molar-refractivity contribution >= 4 is 18.1 Å². The monoisotopic (exact) mass is 141 g/mol. The van der Waals surface area contributed by atoms with Gasteiger partial charge in [-0.15, -0.1) is 0 Å². The first-order valence-corrected chi connectivity index (χ1v) is 3.67. The number of nitrogens with zero attached hydrogens (tertiary/aromatic N) is 3. The van der Waals surface area contributed by atoms with Crippen LogP contribution in [0, 0.1) is 0 Å². The molecule has 0 rings (SSSR count). The third kappa shape index (κ3) is 5.79. The van der Waals surface area contributed by atoms with Crippen molar-refractivity contribution < 1.29 is 9.46 Å². The highest BCUT2D eigenvalue weighted by molar-refractivity contribution is 7.83. The Kier molecular flexibility index (Phi) is 2.12. The molecule has 0 heterocycles. The van der Waals surface area contributed by atoms with Crippen molar-refractivity contribution in [2.75, 3.05) is 0 Å². The van der Waals surface area contributed by atoms with Gasteiger partial charge in [0.25, 0.3) is 0 Å². The predicted octanol–water partition coefficient (Wildman–Crippen LogP) is 1.64. The molecule has 0 aliphatic carbocycles. The topological polar surface area (TPSA) is 86.1 Å². The van der Waals surface area contributed by atoms with Gasteiger partial charge in [0.2, 0.25) is 0 Å². The van der Waals surface area contributed by atoms with Gasteiger partial charge in [-0.05, 0) is 16.8 Å². The van der Waals surface area contributed by atoms with Crippen molar-refractivity contribution in [2.45, 2.75) is 0 Å². The van der Waals surface area contributed by atoms with E-state index < -0.39 is 6.87 Å². The first kappa shape index (κ1) is 6.79. The molecule has 0 aliphatic heterocycles. The molecule has 1 N–H and O–H groups in total. The molecule has 0 spiro atoms. The lowest BCUT2D eigenvalue weighted by Crippen LogP contribution is -1.51. The second-order valence-corrected chi connectivity index (χ2v) is 3.10. The van der Waals surface area contributed by atoms with Crippen LogP contribution in [-0.4, -0.2) is 4.89 Å². The largest absolute Gasteiger partial charge is 0.374 e. The number of halogens is 1. The van der Waals surface area contributed by atoms with Crippen molar-refractivity contribution in [1.29, 1.82) is 0 Å². The van der Waals surface area contributed by atoms with E-state index in [0.29, 0.717) is 0 Å². The van der Waals surface area contributed by atoms with E-state index in [9.17, 15) is 4.57 Å². The fourth-order valence-corrected chi connectivity index (χ4v) is 0.239. The summed E-state index contributed by atoms with van der Waals surface area (Å²) in [4.78, 5) is 12.2. The SMILES string of the molecule is [N-]=[N+]=NP(=O)(O)Cl. The fraction of sp³-hybridized carbons (Fsp3) is 0. The van der Waals surface area contributed by atoms with Gasteiger partial charge in [0.05, 0.1) is 0 Å². The van der Waals surface area contributed by atoms with Gasteiger partial charge in [-0.3, -0.25) is 4.57 Å². The van der Waals surface area contributed by atoms with Crippen LogP contribution in [-0.2, 0) is 4.57 Å². The average Bonchev–Trinajstić information content (AvgIpc) is 1.30. The van der Waals surface area contributed by atoms with Crippen molar-refractivity contribution in [3.63, 3.8) is 0 Å². The molecule has 0 saturated heterocycles. The van der Waals surface area contributed by atoms with E-state index in [1.807, 2.05) is 4.91 Å².